The van der Waals surface area contributed by atoms with Gasteiger partial charge in [0.2, 0.25) is 0 Å². The lowest BCUT2D eigenvalue weighted by molar-refractivity contribution is 0.0994. The molecule has 116 valence electrons. The van der Waals surface area contributed by atoms with Gasteiger partial charge in [0.05, 0.1) is 6.61 Å². The fourth-order valence-electron chi connectivity index (χ4n) is 3.34. The average Bonchev–Trinajstić information content (AvgIpc) is 2.48. The molecule has 2 aliphatic heterocycles. The summed E-state index contributed by atoms with van der Waals surface area (Å²) in [7, 11) is 2.19. The minimum absolute atomic E-state index is 0.0905. The van der Waals surface area contributed by atoms with Gasteiger partial charge in [0.15, 0.2) is 0 Å². The molecule has 1 fully saturated rings. The van der Waals surface area contributed by atoms with Crippen molar-refractivity contribution in [3.8, 4) is 5.75 Å². The third kappa shape index (κ3) is 2.93. The molecule has 0 spiro atoms. The fraction of sp³-hybridized carbons (Fsp3) is 0.647. The van der Waals surface area contributed by atoms with Crippen molar-refractivity contribution in [2.45, 2.75) is 19.9 Å². The van der Waals surface area contributed by atoms with Gasteiger partial charge in [-0.15, -0.1) is 0 Å². The highest BCUT2D eigenvalue weighted by atomic mass is 16.5. The van der Waals surface area contributed by atoms with Gasteiger partial charge in [-0.1, -0.05) is 12.1 Å². The zero-order valence-electron chi connectivity index (χ0n) is 13.4. The molecule has 2 heterocycles. The van der Waals surface area contributed by atoms with E-state index in [4.69, 9.17) is 10.5 Å². The maximum Gasteiger partial charge on any atom is 0.127 e. The number of fused-ring (bicyclic) bond motifs is 1. The summed E-state index contributed by atoms with van der Waals surface area (Å²) in [5.74, 6) is 1.42. The van der Waals surface area contributed by atoms with Gasteiger partial charge in [-0.05, 0) is 32.0 Å². The van der Waals surface area contributed by atoms with E-state index in [1.54, 1.807) is 0 Å². The van der Waals surface area contributed by atoms with Gasteiger partial charge in [-0.3, -0.25) is 0 Å². The SMILES string of the molecule is Cc1ccc2c(c1C)OCC(CN1CCN(C)CC1)C2N. The van der Waals surface area contributed by atoms with Crippen molar-refractivity contribution < 1.29 is 4.74 Å². The standard InChI is InChI=1S/C17H27N3O/c1-12-4-5-15-16(18)14(11-21-17(15)13(12)2)10-20-8-6-19(3)7-9-20/h4-5,14,16H,6-11,18H2,1-3H3. The quantitative estimate of drug-likeness (QED) is 0.897. The Morgan fingerprint density at radius 2 is 1.90 bits per heavy atom. The first-order valence-corrected chi connectivity index (χ1v) is 7.95. The molecule has 21 heavy (non-hydrogen) atoms. The van der Waals surface area contributed by atoms with E-state index in [0.717, 1.165) is 45.1 Å². The zero-order valence-corrected chi connectivity index (χ0v) is 13.4. The number of hydrogen-bond acceptors (Lipinski definition) is 4. The first kappa shape index (κ1) is 14.8. The van der Waals surface area contributed by atoms with E-state index in [0.29, 0.717) is 5.92 Å². The van der Waals surface area contributed by atoms with Crippen molar-refractivity contribution in [2.24, 2.45) is 11.7 Å². The van der Waals surface area contributed by atoms with Crippen LogP contribution in [0.25, 0.3) is 0 Å². The lowest BCUT2D eigenvalue weighted by atomic mass is 9.88. The second-order valence-corrected chi connectivity index (χ2v) is 6.63. The van der Waals surface area contributed by atoms with Gasteiger partial charge < -0.3 is 20.3 Å². The van der Waals surface area contributed by atoms with Crippen LogP contribution in [-0.4, -0.2) is 56.2 Å². The Hall–Kier alpha value is -1.10. The van der Waals surface area contributed by atoms with E-state index in [1.807, 2.05) is 0 Å². The van der Waals surface area contributed by atoms with Crippen LogP contribution >= 0.6 is 0 Å². The molecule has 2 unspecified atom stereocenters. The average molecular weight is 289 g/mol. The molecule has 3 rings (SSSR count). The van der Waals surface area contributed by atoms with Gasteiger partial charge >= 0.3 is 0 Å². The maximum atomic E-state index is 6.54. The Morgan fingerprint density at radius 3 is 2.62 bits per heavy atom. The number of likely N-dealkylation sites (N-methyl/N-ethyl adjacent to an activating group) is 1. The molecule has 0 aromatic heterocycles. The van der Waals surface area contributed by atoms with Crippen molar-refractivity contribution >= 4 is 0 Å². The van der Waals surface area contributed by atoms with Gasteiger partial charge in [0, 0.05) is 50.2 Å². The second kappa shape index (κ2) is 5.95. The summed E-state index contributed by atoms with van der Waals surface area (Å²) in [6, 6.07) is 4.40. The number of aryl methyl sites for hydroxylation is 1. The lowest BCUT2D eigenvalue weighted by Gasteiger charge is -2.38. The molecule has 2 aliphatic rings. The van der Waals surface area contributed by atoms with Crippen LogP contribution in [0.3, 0.4) is 0 Å². The highest BCUT2D eigenvalue weighted by Crippen LogP contribution is 2.37. The number of rotatable bonds is 2. The topological polar surface area (TPSA) is 41.7 Å². The van der Waals surface area contributed by atoms with Crippen molar-refractivity contribution in [1.82, 2.24) is 9.80 Å². The number of piperazine rings is 1. The smallest absolute Gasteiger partial charge is 0.127 e. The molecule has 2 N–H and O–H groups in total. The predicted octanol–water partition coefficient (Wildman–Crippen LogP) is 1.56. The van der Waals surface area contributed by atoms with Crippen LogP contribution in [0.1, 0.15) is 22.7 Å². The molecule has 1 aromatic rings. The minimum atomic E-state index is 0.0905. The predicted molar refractivity (Wildman–Crippen MR) is 85.8 cm³/mol. The summed E-state index contributed by atoms with van der Waals surface area (Å²) in [5, 5.41) is 0. The molecular weight excluding hydrogens is 262 g/mol. The molecule has 4 heteroatoms. The van der Waals surface area contributed by atoms with E-state index in [-0.39, 0.29) is 6.04 Å². The van der Waals surface area contributed by atoms with Gasteiger partial charge in [-0.25, -0.2) is 0 Å². The van der Waals surface area contributed by atoms with E-state index < -0.39 is 0 Å². The van der Waals surface area contributed by atoms with Crippen molar-refractivity contribution in [3.63, 3.8) is 0 Å². The largest absolute Gasteiger partial charge is 0.493 e. The normalized spacial score (nSPS) is 27.2. The van der Waals surface area contributed by atoms with Gasteiger partial charge in [0.1, 0.15) is 5.75 Å². The van der Waals surface area contributed by atoms with E-state index >= 15 is 0 Å². The Kier molecular flexibility index (Phi) is 4.20. The molecule has 1 saturated heterocycles. The number of benzene rings is 1. The van der Waals surface area contributed by atoms with Crippen molar-refractivity contribution in [2.75, 3.05) is 46.4 Å². The number of ether oxygens (including phenoxy) is 1. The maximum absolute atomic E-state index is 6.54. The fourth-order valence-corrected chi connectivity index (χ4v) is 3.34. The molecule has 0 radical (unpaired) electrons. The Balaban J connectivity index is 1.71. The minimum Gasteiger partial charge on any atom is -0.493 e. The van der Waals surface area contributed by atoms with Crippen molar-refractivity contribution in [1.29, 1.82) is 0 Å². The van der Waals surface area contributed by atoms with Crippen LogP contribution in [0.15, 0.2) is 12.1 Å². The summed E-state index contributed by atoms with van der Waals surface area (Å²) in [4.78, 5) is 4.91. The summed E-state index contributed by atoms with van der Waals surface area (Å²) in [6.45, 7) is 10.6. The molecule has 0 aliphatic carbocycles. The monoisotopic (exact) mass is 289 g/mol. The third-order valence-corrected chi connectivity index (χ3v) is 5.10. The molecular formula is C17H27N3O. The van der Waals surface area contributed by atoms with E-state index in [1.165, 1.54) is 16.7 Å². The second-order valence-electron chi connectivity index (χ2n) is 6.63. The molecule has 0 saturated carbocycles. The summed E-state index contributed by atoms with van der Waals surface area (Å²) in [6.07, 6.45) is 0. The molecule has 0 amide bonds. The first-order chi connectivity index (χ1) is 10.1. The van der Waals surface area contributed by atoms with Gasteiger partial charge in [0.25, 0.3) is 0 Å². The Bertz CT molecular complexity index is 509. The van der Waals surface area contributed by atoms with Gasteiger partial charge in [-0.2, -0.15) is 0 Å². The van der Waals surface area contributed by atoms with Crippen LogP contribution in [0.2, 0.25) is 0 Å². The highest BCUT2D eigenvalue weighted by molar-refractivity contribution is 5.48. The first-order valence-electron chi connectivity index (χ1n) is 7.95. The van der Waals surface area contributed by atoms with E-state index in [2.05, 4.69) is 42.8 Å². The summed E-state index contributed by atoms with van der Waals surface area (Å²) in [5.41, 5.74) is 10.2. The highest BCUT2D eigenvalue weighted by Gasteiger charge is 2.31. The third-order valence-electron chi connectivity index (χ3n) is 5.10. The van der Waals surface area contributed by atoms with Crippen LogP contribution < -0.4 is 10.5 Å². The Morgan fingerprint density at radius 1 is 1.19 bits per heavy atom. The molecule has 2 atom stereocenters. The summed E-state index contributed by atoms with van der Waals surface area (Å²) < 4.78 is 6.06. The molecule has 0 bridgehead atoms. The zero-order chi connectivity index (χ0) is 15.0. The number of nitrogens with zero attached hydrogens (tertiary/aromatic N) is 2. The number of nitrogens with two attached hydrogens (primary N) is 1. The Labute approximate surface area is 127 Å². The van der Waals surface area contributed by atoms with Crippen LogP contribution in [0, 0.1) is 19.8 Å². The molecule has 4 nitrogen and oxygen atoms in total. The lowest BCUT2D eigenvalue weighted by Crippen LogP contribution is -2.48. The summed E-state index contributed by atoms with van der Waals surface area (Å²) >= 11 is 0. The van der Waals surface area contributed by atoms with Crippen molar-refractivity contribution in [3.05, 3.63) is 28.8 Å². The number of hydrogen-bond donors (Lipinski definition) is 1. The van der Waals surface area contributed by atoms with Crippen LogP contribution in [-0.2, 0) is 0 Å². The van der Waals surface area contributed by atoms with Crippen LogP contribution in [0.4, 0.5) is 0 Å². The van der Waals surface area contributed by atoms with E-state index in [9.17, 15) is 0 Å². The van der Waals surface area contributed by atoms with Crippen LogP contribution in [0.5, 0.6) is 5.75 Å². The molecule has 1 aromatic carbocycles.